The molecule has 0 bridgehead atoms. The molecule has 1 saturated heterocycles. The lowest BCUT2D eigenvalue weighted by Gasteiger charge is -2.11. The first-order chi connectivity index (χ1) is 9.11. The molecule has 1 atom stereocenters. The van der Waals surface area contributed by atoms with Gasteiger partial charge in [0, 0.05) is 18.7 Å². The molecule has 1 amide bonds. The van der Waals surface area contributed by atoms with Gasteiger partial charge in [-0.15, -0.1) is 0 Å². The van der Waals surface area contributed by atoms with Gasteiger partial charge in [0.05, 0.1) is 12.2 Å². The molecule has 0 saturated carbocycles. The Labute approximate surface area is 116 Å². The molecule has 1 N–H and O–H groups in total. The molecular weight excluding hydrogens is 268 g/mol. The molecule has 1 aromatic rings. The minimum atomic E-state index is -0.430. The van der Waals surface area contributed by atoms with Gasteiger partial charge in [-0.3, -0.25) is 4.79 Å². The molecule has 1 aliphatic heterocycles. The fraction of sp³-hybridized carbons (Fsp3) is 0.462. The molecule has 1 fully saturated rings. The quantitative estimate of drug-likeness (QED) is 0.673. The molecule has 6 heteroatoms. The largest absolute Gasteiger partial charge is 0.462 e. The van der Waals surface area contributed by atoms with Crippen molar-refractivity contribution in [3.8, 4) is 0 Å². The molecule has 19 heavy (non-hydrogen) atoms. The average molecular weight is 283 g/mol. The van der Waals surface area contributed by atoms with Crippen LogP contribution in [0.1, 0.15) is 29.3 Å². The zero-order valence-corrected chi connectivity index (χ0v) is 11.4. The van der Waals surface area contributed by atoms with E-state index in [9.17, 15) is 9.59 Å². The summed E-state index contributed by atoms with van der Waals surface area (Å²) in [5, 5.41) is 3.01. The summed E-state index contributed by atoms with van der Waals surface area (Å²) < 4.78 is 4.99. The number of hydrogen-bond acceptors (Lipinski definition) is 4. The minimum Gasteiger partial charge on any atom is -0.462 e. The molecule has 0 aromatic carbocycles. The first kappa shape index (κ1) is 13.8. The number of halogens is 1. The number of amides is 1. The lowest BCUT2D eigenvalue weighted by Crippen LogP contribution is -2.21. The van der Waals surface area contributed by atoms with Gasteiger partial charge in [0.25, 0.3) is 0 Å². The van der Waals surface area contributed by atoms with Crippen LogP contribution in [0.15, 0.2) is 12.3 Å². The van der Waals surface area contributed by atoms with Crippen molar-refractivity contribution in [3.05, 3.63) is 28.5 Å². The monoisotopic (exact) mass is 282 g/mol. The average Bonchev–Trinajstić information content (AvgIpc) is 2.77. The Bertz CT molecular complexity index is 505. The number of hydrogen-bond donors (Lipinski definition) is 1. The third-order valence-corrected chi connectivity index (χ3v) is 3.28. The Morgan fingerprint density at radius 3 is 3.05 bits per heavy atom. The van der Waals surface area contributed by atoms with Gasteiger partial charge < -0.3 is 10.1 Å². The normalized spacial score (nSPS) is 18.2. The fourth-order valence-electron chi connectivity index (χ4n) is 2.12. The van der Waals surface area contributed by atoms with Crippen LogP contribution in [-0.2, 0) is 16.0 Å². The van der Waals surface area contributed by atoms with Crippen LogP contribution in [0.25, 0.3) is 0 Å². The van der Waals surface area contributed by atoms with E-state index >= 15 is 0 Å². The number of rotatable bonds is 4. The van der Waals surface area contributed by atoms with Crippen molar-refractivity contribution in [2.75, 3.05) is 13.2 Å². The molecule has 0 aliphatic carbocycles. The number of carbonyl (C=O) groups is 2. The van der Waals surface area contributed by atoms with Crippen molar-refractivity contribution in [1.82, 2.24) is 10.3 Å². The van der Waals surface area contributed by atoms with Gasteiger partial charge in [-0.05, 0) is 31.4 Å². The predicted molar refractivity (Wildman–Crippen MR) is 70.0 cm³/mol. The van der Waals surface area contributed by atoms with E-state index < -0.39 is 5.97 Å². The Balaban J connectivity index is 2.23. The molecule has 0 radical (unpaired) electrons. The summed E-state index contributed by atoms with van der Waals surface area (Å²) in [4.78, 5) is 27.4. The standard InChI is InChI=1S/C13H15ClN2O3/c1-2-19-13(18)10-6-11(14)16-7-9(10)5-8-3-4-15-12(8)17/h6-8H,2-5H2,1H3,(H,15,17). The van der Waals surface area contributed by atoms with E-state index in [-0.39, 0.29) is 17.0 Å². The van der Waals surface area contributed by atoms with E-state index in [0.717, 1.165) is 6.42 Å². The third-order valence-electron chi connectivity index (χ3n) is 3.08. The van der Waals surface area contributed by atoms with Crippen LogP contribution in [0.2, 0.25) is 5.15 Å². The zero-order valence-electron chi connectivity index (χ0n) is 10.6. The fourth-order valence-corrected chi connectivity index (χ4v) is 2.28. The van der Waals surface area contributed by atoms with Crippen LogP contribution in [0.4, 0.5) is 0 Å². The summed E-state index contributed by atoms with van der Waals surface area (Å²) in [6.07, 6.45) is 2.79. The van der Waals surface area contributed by atoms with E-state index in [2.05, 4.69) is 10.3 Å². The van der Waals surface area contributed by atoms with Crippen LogP contribution >= 0.6 is 11.6 Å². The number of ether oxygens (including phenoxy) is 1. The lowest BCUT2D eigenvalue weighted by atomic mass is 9.96. The van der Waals surface area contributed by atoms with Gasteiger partial charge in [0.2, 0.25) is 5.91 Å². The molecule has 0 spiro atoms. The number of pyridine rings is 1. The second kappa shape index (κ2) is 6.02. The number of nitrogens with one attached hydrogen (secondary N) is 1. The van der Waals surface area contributed by atoms with Gasteiger partial charge in [0.15, 0.2) is 0 Å². The van der Waals surface area contributed by atoms with E-state index in [1.54, 1.807) is 13.1 Å². The van der Waals surface area contributed by atoms with Crippen LogP contribution in [0.5, 0.6) is 0 Å². The van der Waals surface area contributed by atoms with Crippen molar-refractivity contribution in [2.24, 2.45) is 5.92 Å². The molecule has 2 heterocycles. The Kier molecular flexibility index (Phi) is 4.37. The first-order valence-corrected chi connectivity index (χ1v) is 6.59. The number of esters is 1. The Hall–Kier alpha value is -1.62. The third kappa shape index (κ3) is 3.23. The summed E-state index contributed by atoms with van der Waals surface area (Å²) in [6.45, 7) is 2.71. The molecule has 5 nitrogen and oxygen atoms in total. The highest BCUT2D eigenvalue weighted by atomic mass is 35.5. The lowest BCUT2D eigenvalue weighted by molar-refractivity contribution is -0.122. The Morgan fingerprint density at radius 2 is 2.42 bits per heavy atom. The van der Waals surface area contributed by atoms with Crippen molar-refractivity contribution >= 4 is 23.5 Å². The zero-order chi connectivity index (χ0) is 13.8. The van der Waals surface area contributed by atoms with E-state index in [1.807, 2.05) is 0 Å². The van der Waals surface area contributed by atoms with Crippen LogP contribution < -0.4 is 5.32 Å². The highest BCUT2D eigenvalue weighted by Crippen LogP contribution is 2.21. The van der Waals surface area contributed by atoms with Gasteiger partial charge in [0.1, 0.15) is 5.15 Å². The topological polar surface area (TPSA) is 68.3 Å². The summed E-state index contributed by atoms with van der Waals surface area (Å²) in [5.74, 6) is -0.527. The highest BCUT2D eigenvalue weighted by Gasteiger charge is 2.26. The minimum absolute atomic E-state index is 0.0183. The van der Waals surface area contributed by atoms with Crippen molar-refractivity contribution in [1.29, 1.82) is 0 Å². The molecule has 1 aliphatic rings. The number of nitrogens with zero attached hydrogens (tertiary/aromatic N) is 1. The highest BCUT2D eigenvalue weighted by molar-refractivity contribution is 6.29. The maximum Gasteiger partial charge on any atom is 0.338 e. The summed E-state index contributed by atoms with van der Waals surface area (Å²) in [7, 11) is 0. The van der Waals surface area contributed by atoms with Gasteiger partial charge in [-0.2, -0.15) is 0 Å². The number of carbonyl (C=O) groups excluding carboxylic acids is 2. The van der Waals surface area contributed by atoms with E-state index in [1.165, 1.54) is 6.07 Å². The van der Waals surface area contributed by atoms with E-state index in [4.69, 9.17) is 16.3 Å². The van der Waals surface area contributed by atoms with Crippen molar-refractivity contribution in [3.63, 3.8) is 0 Å². The molecule has 1 unspecified atom stereocenters. The van der Waals surface area contributed by atoms with Gasteiger partial charge in [-0.25, -0.2) is 9.78 Å². The van der Waals surface area contributed by atoms with Gasteiger partial charge >= 0.3 is 5.97 Å². The Morgan fingerprint density at radius 1 is 1.63 bits per heavy atom. The summed E-state index contributed by atoms with van der Waals surface area (Å²) in [5.41, 5.74) is 1.09. The maximum absolute atomic E-state index is 11.9. The second-order valence-electron chi connectivity index (χ2n) is 4.37. The molecule has 1 aromatic heterocycles. The van der Waals surface area contributed by atoms with E-state index in [0.29, 0.717) is 30.7 Å². The SMILES string of the molecule is CCOC(=O)c1cc(Cl)ncc1CC1CCNC1=O. The molecule has 102 valence electrons. The van der Waals surface area contributed by atoms with Crippen LogP contribution in [0.3, 0.4) is 0 Å². The van der Waals surface area contributed by atoms with Gasteiger partial charge in [-0.1, -0.05) is 11.6 Å². The molecule has 2 rings (SSSR count). The number of aromatic nitrogens is 1. The van der Waals surface area contributed by atoms with Crippen molar-refractivity contribution < 1.29 is 14.3 Å². The van der Waals surface area contributed by atoms with Crippen LogP contribution in [0, 0.1) is 5.92 Å². The van der Waals surface area contributed by atoms with Crippen molar-refractivity contribution in [2.45, 2.75) is 19.8 Å². The smallest absolute Gasteiger partial charge is 0.338 e. The molecular formula is C13H15ClN2O3. The van der Waals surface area contributed by atoms with Crippen LogP contribution in [-0.4, -0.2) is 30.0 Å². The first-order valence-electron chi connectivity index (χ1n) is 6.21. The second-order valence-corrected chi connectivity index (χ2v) is 4.75. The maximum atomic E-state index is 11.9. The summed E-state index contributed by atoms with van der Waals surface area (Å²) in [6, 6.07) is 1.49. The summed E-state index contributed by atoms with van der Waals surface area (Å²) >= 11 is 5.81. The predicted octanol–water partition coefficient (Wildman–Crippen LogP) is 1.59.